The van der Waals surface area contributed by atoms with Crippen LogP contribution in [0.3, 0.4) is 0 Å². The van der Waals surface area contributed by atoms with Crippen molar-refractivity contribution in [2.75, 3.05) is 20.3 Å². The van der Waals surface area contributed by atoms with E-state index in [1.807, 2.05) is 7.11 Å². The molecule has 0 spiro atoms. The van der Waals surface area contributed by atoms with Crippen molar-refractivity contribution in [2.45, 2.75) is 75.8 Å². The molecule has 3 atom stereocenters. The normalized spacial score (nSPS) is 31.2. The summed E-state index contributed by atoms with van der Waals surface area (Å²) in [5.74, 6) is 0.0938. The number of ether oxygens (including phenoxy) is 3. The van der Waals surface area contributed by atoms with Crippen LogP contribution in [-0.4, -0.2) is 59.6 Å². The van der Waals surface area contributed by atoms with Crippen LogP contribution in [0.5, 0.6) is 5.75 Å². The van der Waals surface area contributed by atoms with Crippen molar-refractivity contribution in [1.29, 1.82) is 0 Å². The molecule has 2 aliphatic heterocycles. The molecule has 1 saturated heterocycles. The Kier molecular flexibility index (Phi) is 5.14. The van der Waals surface area contributed by atoms with Crippen LogP contribution in [0.1, 0.15) is 50.7 Å². The van der Waals surface area contributed by atoms with Gasteiger partial charge < -0.3 is 19.3 Å². The Morgan fingerprint density at radius 2 is 2.18 bits per heavy atom. The second-order valence-corrected chi connectivity index (χ2v) is 9.09. The molecule has 1 aromatic rings. The minimum Gasteiger partial charge on any atom is -0.487 e. The summed E-state index contributed by atoms with van der Waals surface area (Å²) in [6.07, 6.45) is 4.53. The zero-order chi connectivity index (χ0) is 19.9. The summed E-state index contributed by atoms with van der Waals surface area (Å²) in [6.45, 7) is 5.88. The summed E-state index contributed by atoms with van der Waals surface area (Å²) in [7, 11) is 1.81. The van der Waals surface area contributed by atoms with Crippen LogP contribution in [0, 0.1) is 0 Å². The first-order chi connectivity index (χ1) is 13.3. The average molecular weight is 389 g/mol. The first-order valence-electron chi connectivity index (χ1n) is 10.2. The molecule has 1 saturated carbocycles. The largest absolute Gasteiger partial charge is 0.487 e. The number of methoxy groups -OCH3 is 1. The van der Waals surface area contributed by atoms with E-state index < -0.39 is 5.97 Å². The molecule has 1 aromatic carbocycles. The van der Waals surface area contributed by atoms with Crippen molar-refractivity contribution < 1.29 is 24.1 Å². The highest BCUT2D eigenvalue weighted by Gasteiger charge is 2.51. The van der Waals surface area contributed by atoms with E-state index in [2.05, 4.69) is 36.9 Å². The van der Waals surface area contributed by atoms with Gasteiger partial charge in [-0.05, 0) is 56.7 Å². The molecular formula is C22H31NO5. The van der Waals surface area contributed by atoms with Gasteiger partial charge in [-0.1, -0.05) is 12.1 Å². The molecule has 6 nitrogen and oxygen atoms in total. The number of likely N-dealkylation sites (tertiary alicyclic amines) is 1. The third-order valence-corrected chi connectivity index (χ3v) is 6.61. The maximum atomic E-state index is 10.9. The standard InChI is InChI=1S/C22H31NO5/c1-21(2)12-16-10-15(4-5-18(16)28-21)13-23-9-8-22(26-3)7-6-17(11-19(22)23)27-14-20(24)25/h4-5,10,17,19H,6-9,11-14H2,1-3H3,(H,24,25)/t17-,19+,22-/m1/s1. The molecule has 1 N–H and O–H groups in total. The number of carboxylic acids is 1. The number of nitrogens with zero attached hydrogens (tertiary/aromatic N) is 1. The van der Waals surface area contributed by atoms with Gasteiger partial charge in [0, 0.05) is 32.7 Å². The topological polar surface area (TPSA) is 68.2 Å². The zero-order valence-corrected chi connectivity index (χ0v) is 17.1. The fourth-order valence-electron chi connectivity index (χ4n) is 5.28. The SMILES string of the molecule is CO[C@@]12CC[C@@H](OCC(=O)O)C[C@@H]1N(Cc1ccc3c(c1)CC(C)(C)O3)CC2. The van der Waals surface area contributed by atoms with Crippen LogP contribution >= 0.6 is 0 Å². The average Bonchev–Trinajstić information content (AvgIpc) is 3.15. The van der Waals surface area contributed by atoms with Gasteiger partial charge in [-0.25, -0.2) is 4.79 Å². The monoisotopic (exact) mass is 389 g/mol. The van der Waals surface area contributed by atoms with Crippen LogP contribution in [0.25, 0.3) is 0 Å². The van der Waals surface area contributed by atoms with E-state index in [-0.39, 0.29) is 30.0 Å². The molecule has 1 aliphatic carbocycles. The van der Waals surface area contributed by atoms with Gasteiger partial charge >= 0.3 is 5.97 Å². The first kappa shape index (κ1) is 19.7. The molecule has 6 heteroatoms. The Morgan fingerprint density at radius 1 is 1.36 bits per heavy atom. The molecule has 4 rings (SSSR count). The molecule has 154 valence electrons. The highest BCUT2D eigenvalue weighted by atomic mass is 16.5. The van der Waals surface area contributed by atoms with Crippen LogP contribution in [0.2, 0.25) is 0 Å². The third kappa shape index (κ3) is 3.78. The van der Waals surface area contributed by atoms with Gasteiger partial charge in [0.1, 0.15) is 18.0 Å². The first-order valence-corrected chi connectivity index (χ1v) is 10.2. The van der Waals surface area contributed by atoms with Crippen LogP contribution in [-0.2, 0) is 27.2 Å². The minimum absolute atomic E-state index is 0.0146. The highest BCUT2D eigenvalue weighted by Crippen LogP contribution is 2.44. The summed E-state index contributed by atoms with van der Waals surface area (Å²) in [5.41, 5.74) is 2.31. The van der Waals surface area contributed by atoms with Gasteiger partial charge in [0.2, 0.25) is 0 Å². The van der Waals surface area contributed by atoms with E-state index in [1.165, 1.54) is 11.1 Å². The van der Waals surface area contributed by atoms with Crippen molar-refractivity contribution >= 4 is 5.97 Å². The quantitative estimate of drug-likeness (QED) is 0.807. The van der Waals surface area contributed by atoms with Gasteiger partial charge in [0.05, 0.1) is 11.7 Å². The third-order valence-electron chi connectivity index (χ3n) is 6.61. The maximum absolute atomic E-state index is 10.9. The summed E-state index contributed by atoms with van der Waals surface area (Å²) in [6, 6.07) is 6.79. The van der Waals surface area contributed by atoms with E-state index in [1.54, 1.807) is 0 Å². The summed E-state index contributed by atoms with van der Waals surface area (Å²) >= 11 is 0. The van der Waals surface area contributed by atoms with E-state index in [4.69, 9.17) is 19.3 Å². The fourth-order valence-corrected chi connectivity index (χ4v) is 5.28. The predicted octanol–water partition coefficient (Wildman–Crippen LogP) is 3.01. The molecular weight excluding hydrogens is 358 g/mol. The molecule has 0 unspecified atom stereocenters. The lowest BCUT2D eigenvalue weighted by atomic mass is 9.79. The summed E-state index contributed by atoms with van der Waals surface area (Å²) in [5, 5.41) is 8.92. The summed E-state index contributed by atoms with van der Waals surface area (Å²) in [4.78, 5) is 13.4. The number of hydrogen-bond acceptors (Lipinski definition) is 5. The van der Waals surface area contributed by atoms with Crippen molar-refractivity contribution in [2.24, 2.45) is 0 Å². The Morgan fingerprint density at radius 3 is 2.93 bits per heavy atom. The fraction of sp³-hybridized carbons (Fsp3) is 0.682. The smallest absolute Gasteiger partial charge is 0.329 e. The highest BCUT2D eigenvalue weighted by molar-refractivity contribution is 5.68. The van der Waals surface area contributed by atoms with Crippen molar-refractivity contribution in [3.8, 4) is 5.75 Å². The Hall–Kier alpha value is -1.63. The second-order valence-electron chi connectivity index (χ2n) is 9.09. The van der Waals surface area contributed by atoms with Crippen LogP contribution in [0.15, 0.2) is 18.2 Å². The maximum Gasteiger partial charge on any atom is 0.329 e. The molecule has 2 fully saturated rings. The Labute approximate surface area is 166 Å². The molecule has 3 aliphatic rings. The number of benzene rings is 1. The molecule has 28 heavy (non-hydrogen) atoms. The molecule has 0 bridgehead atoms. The predicted molar refractivity (Wildman–Crippen MR) is 105 cm³/mol. The van der Waals surface area contributed by atoms with Crippen molar-refractivity contribution in [1.82, 2.24) is 4.90 Å². The van der Waals surface area contributed by atoms with Crippen LogP contribution < -0.4 is 4.74 Å². The lowest BCUT2D eigenvalue weighted by Gasteiger charge is -2.43. The van der Waals surface area contributed by atoms with Gasteiger partial charge in [-0.3, -0.25) is 4.90 Å². The summed E-state index contributed by atoms with van der Waals surface area (Å²) < 4.78 is 17.6. The van der Waals surface area contributed by atoms with E-state index in [9.17, 15) is 4.79 Å². The minimum atomic E-state index is -0.907. The molecule has 0 amide bonds. The van der Waals surface area contributed by atoms with Gasteiger partial charge in [0.15, 0.2) is 0 Å². The number of rotatable bonds is 6. The van der Waals surface area contributed by atoms with Gasteiger partial charge in [0.25, 0.3) is 0 Å². The van der Waals surface area contributed by atoms with Crippen molar-refractivity contribution in [3.63, 3.8) is 0 Å². The Balaban J connectivity index is 1.47. The van der Waals surface area contributed by atoms with Crippen LogP contribution in [0.4, 0.5) is 0 Å². The van der Waals surface area contributed by atoms with Gasteiger partial charge in [-0.2, -0.15) is 0 Å². The number of fused-ring (bicyclic) bond motifs is 2. The number of carbonyl (C=O) groups is 1. The van der Waals surface area contributed by atoms with E-state index >= 15 is 0 Å². The van der Waals surface area contributed by atoms with E-state index in [0.29, 0.717) is 0 Å². The van der Waals surface area contributed by atoms with Gasteiger partial charge in [-0.15, -0.1) is 0 Å². The molecule has 0 radical (unpaired) electrons. The molecule has 2 heterocycles. The zero-order valence-electron chi connectivity index (χ0n) is 17.1. The Bertz CT molecular complexity index is 748. The van der Waals surface area contributed by atoms with Crippen molar-refractivity contribution in [3.05, 3.63) is 29.3 Å². The lowest BCUT2D eigenvalue weighted by Crippen LogP contribution is -2.51. The van der Waals surface area contributed by atoms with E-state index in [0.717, 1.165) is 50.9 Å². The number of hydrogen-bond donors (Lipinski definition) is 1. The second kappa shape index (κ2) is 7.32. The number of aliphatic carboxylic acids is 1. The molecule has 0 aromatic heterocycles. The number of carboxylic acid groups (broad SMARTS) is 1. The lowest BCUT2D eigenvalue weighted by molar-refractivity contribution is -0.148.